The third kappa shape index (κ3) is 2.44. The highest BCUT2D eigenvalue weighted by atomic mass is 16.5. The van der Waals surface area contributed by atoms with Crippen LogP contribution < -0.4 is 15.8 Å². The highest BCUT2D eigenvalue weighted by Gasteiger charge is 2.09. The summed E-state index contributed by atoms with van der Waals surface area (Å²) in [5.74, 6) is 1.33. The number of ether oxygens (including phenoxy) is 1. The first-order valence-electron chi connectivity index (χ1n) is 5.19. The van der Waals surface area contributed by atoms with Gasteiger partial charge in [0.2, 0.25) is 5.75 Å². The molecule has 88 valence electrons. The Morgan fingerprint density at radius 2 is 1.88 bits per heavy atom. The Hall–Kier alpha value is -2.30. The molecule has 0 aliphatic rings. The SMILES string of the molecule is COc1c(N)ncnc1Nc1ccc(C)cc1. The standard InChI is InChI=1S/C12H14N4O/c1-8-3-5-9(6-4-8)16-12-10(17-2)11(13)14-7-15-12/h3-7H,1-2H3,(H3,13,14,15,16). The molecule has 3 N–H and O–H groups in total. The number of nitrogens with one attached hydrogen (secondary N) is 1. The van der Waals surface area contributed by atoms with Gasteiger partial charge in [-0.25, -0.2) is 9.97 Å². The normalized spacial score (nSPS) is 10.0. The number of anilines is 3. The van der Waals surface area contributed by atoms with E-state index in [0.717, 1.165) is 5.69 Å². The summed E-state index contributed by atoms with van der Waals surface area (Å²) in [6, 6.07) is 7.96. The second-order valence-electron chi connectivity index (χ2n) is 3.63. The molecule has 5 nitrogen and oxygen atoms in total. The molecular weight excluding hydrogens is 216 g/mol. The van der Waals surface area contributed by atoms with Crippen molar-refractivity contribution in [1.29, 1.82) is 0 Å². The van der Waals surface area contributed by atoms with E-state index in [1.165, 1.54) is 19.0 Å². The molecule has 0 aliphatic heterocycles. The number of hydrogen-bond donors (Lipinski definition) is 2. The van der Waals surface area contributed by atoms with Gasteiger partial charge in [0.1, 0.15) is 6.33 Å². The van der Waals surface area contributed by atoms with Crippen LogP contribution in [-0.2, 0) is 0 Å². The Balaban J connectivity index is 2.29. The highest BCUT2D eigenvalue weighted by Crippen LogP contribution is 2.28. The maximum absolute atomic E-state index is 5.69. The van der Waals surface area contributed by atoms with Gasteiger partial charge in [0.15, 0.2) is 11.6 Å². The van der Waals surface area contributed by atoms with Crippen molar-refractivity contribution in [2.24, 2.45) is 0 Å². The van der Waals surface area contributed by atoms with Crippen LogP contribution in [0.15, 0.2) is 30.6 Å². The Labute approximate surface area is 99.7 Å². The van der Waals surface area contributed by atoms with Gasteiger partial charge in [0.05, 0.1) is 7.11 Å². The lowest BCUT2D eigenvalue weighted by Gasteiger charge is -2.10. The number of aromatic nitrogens is 2. The summed E-state index contributed by atoms with van der Waals surface area (Å²) in [5.41, 5.74) is 7.82. The average molecular weight is 230 g/mol. The van der Waals surface area contributed by atoms with E-state index in [4.69, 9.17) is 10.5 Å². The number of aryl methyl sites for hydroxylation is 1. The van der Waals surface area contributed by atoms with E-state index >= 15 is 0 Å². The molecule has 0 amide bonds. The van der Waals surface area contributed by atoms with Gasteiger partial charge in [-0.15, -0.1) is 0 Å². The van der Waals surface area contributed by atoms with Crippen molar-refractivity contribution >= 4 is 17.3 Å². The fourth-order valence-corrected chi connectivity index (χ4v) is 1.45. The zero-order valence-corrected chi connectivity index (χ0v) is 9.77. The van der Waals surface area contributed by atoms with E-state index in [1.807, 2.05) is 31.2 Å². The predicted molar refractivity (Wildman–Crippen MR) is 67.5 cm³/mol. The van der Waals surface area contributed by atoms with Crippen LogP contribution in [0.25, 0.3) is 0 Å². The maximum atomic E-state index is 5.69. The van der Waals surface area contributed by atoms with Crippen LogP contribution in [0.4, 0.5) is 17.3 Å². The minimum atomic E-state index is 0.317. The van der Waals surface area contributed by atoms with Crippen LogP contribution in [0.2, 0.25) is 0 Å². The minimum Gasteiger partial charge on any atom is -0.490 e. The summed E-state index contributed by atoms with van der Waals surface area (Å²) in [6.45, 7) is 2.03. The fraction of sp³-hybridized carbons (Fsp3) is 0.167. The van der Waals surface area contributed by atoms with Crippen LogP contribution in [0.5, 0.6) is 5.75 Å². The first-order valence-corrected chi connectivity index (χ1v) is 5.19. The third-order valence-corrected chi connectivity index (χ3v) is 2.35. The van der Waals surface area contributed by atoms with Crippen molar-refractivity contribution in [3.8, 4) is 5.75 Å². The molecule has 1 aromatic carbocycles. The number of methoxy groups -OCH3 is 1. The first kappa shape index (κ1) is 11.2. The lowest BCUT2D eigenvalue weighted by atomic mass is 10.2. The van der Waals surface area contributed by atoms with Gasteiger partial charge < -0.3 is 15.8 Å². The predicted octanol–water partition coefficient (Wildman–Crippen LogP) is 2.12. The van der Waals surface area contributed by atoms with Crippen molar-refractivity contribution in [2.75, 3.05) is 18.2 Å². The van der Waals surface area contributed by atoms with Crippen LogP contribution in [0.3, 0.4) is 0 Å². The summed E-state index contributed by atoms with van der Waals surface area (Å²) < 4.78 is 5.16. The van der Waals surface area contributed by atoms with Crippen LogP contribution in [0, 0.1) is 6.92 Å². The van der Waals surface area contributed by atoms with Crippen molar-refractivity contribution in [3.63, 3.8) is 0 Å². The van der Waals surface area contributed by atoms with E-state index < -0.39 is 0 Å². The minimum absolute atomic E-state index is 0.317. The topological polar surface area (TPSA) is 73.1 Å². The van der Waals surface area contributed by atoms with Crippen molar-refractivity contribution < 1.29 is 4.74 Å². The molecule has 0 unspecified atom stereocenters. The molecule has 17 heavy (non-hydrogen) atoms. The number of hydrogen-bond acceptors (Lipinski definition) is 5. The van der Waals surface area contributed by atoms with Gasteiger partial charge in [-0.2, -0.15) is 0 Å². The largest absolute Gasteiger partial charge is 0.490 e. The molecule has 0 spiro atoms. The van der Waals surface area contributed by atoms with Crippen molar-refractivity contribution in [3.05, 3.63) is 36.2 Å². The van der Waals surface area contributed by atoms with Gasteiger partial charge in [-0.05, 0) is 19.1 Å². The molecule has 0 atom stereocenters. The fourth-order valence-electron chi connectivity index (χ4n) is 1.45. The molecule has 1 heterocycles. The summed E-state index contributed by atoms with van der Waals surface area (Å²) in [5, 5.41) is 3.14. The summed E-state index contributed by atoms with van der Waals surface area (Å²) in [7, 11) is 1.54. The molecule has 0 aliphatic carbocycles. The van der Waals surface area contributed by atoms with Crippen LogP contribution >= 0.6 is 0 Å². The van der Waals surface area contributed by atoms with E-state index in [0.29, 0.717) is 17.4 Å². The molecular formula is C12H14N4O. The molecule has 0 bridgehead atoms. The monoisotopic (exact) mass is 230 g/mol. The first-order chi connectivity index (χ1) is 8.20. The molecule has 0 fully saturated rings. The molecule has 0 saturated heterocycles. The molecule has 2 aromatic rings. The van der Waals surface area contributed by atoms with Gasteiger partial charge in [-0.3, -0.25) is 0 Å². The van der Waals surface area contributed by atoms with Crippen molar-refractivity contribution in [2.45, 2.75) is 6.92 Å². The van der Waals surface area contributed by atoms with Gasteiger partial charge in [0, 0.05) is 5.69 Å². The van der Waals surface area contributed by atoms with E-state index in [-0.39, 0.29) is 0 Å². The number of nitrogens with two attached hydrogens (primary N) is 1. The Kier molecular flexibility index (Phi) is 3.09. The maximum Gasteiger partial charge on any atom is 0.204 e. The van der Waals surface area contributed by atoms with E-state index in [1.54, 1.807) is 0 Å². The number of nitrogens with zero attached hydrogens (tertiary/aromatic N) is 2. The number of nitrogen functional groups attached to an aromatic ring is 1. The second-order valence-corrected chi connectivity index (χ2v) is 3.63. The van der Waals surface area contributed by atoms with Crippen LogP contribution in [0.1, 0.15) is 5.56 Å². The smallest absolute Gasteiger partial charge is 0.204 e. The number of rotatable bonds is 3. The quantitative estimate of drug-likeness (QED) is 0.844. The highest BCUT2D eigenvalue weighted by molar-refractivity contribution is 5.67. The van der Waals surface area contributed by atoms with Gasteiger partial charge >= 0.3 is 0 Å². The zero-order valence-electron chi connectivity index (χ0n) is 9.77. The third-order valence-electron chi connectivity index (χ3n) is 2.35. The Morgan fingerprint density at radius 3 is 2.53 bits per heavy atom. The molecule has 0 saturated carbocycles. The Bertz CT molecular complexity index is 510. The van der Waals surface area contributed by atoms with Crippen LogP contribution in [-0.4, -0.2) is 17.1 Å². The molecule has 5 heteroatoms. The summed E-state index contributed by atoms with van der Waals surface area (Å²) in [6.07, 6.45) is 1.40. The van der Waals surface area contributed by atoms with E-state index in [2.05, 4.69) is 15.3 Å². The van der Waals surface area contributed by atoms with Crippen molar-refractivity contribution in [1.82, 2.24) is 9.97 Å². The average Bonchev–Trinajstić information content (AvgIpc) is 2.32. The second kappa shape index (κ2) is 4.69. The summed E-state index contributed by atoms with van der Waals surface area (Å²) >= 11 is 0. The van der Waals surface area contributed by atoms with Gasteiger partial charge in [0.25, 0.3) is 0 Å². The van der Waals surface area contributed by atoms with Gasteiger partial charge in [-0.1, -0.05) is 17.7 Å². The van der Waals surface area contributed by atoms with E-state index in [9.17, 15) is 0 Å². The zero-order chi connectivity index (χ0) is 12.3. The summed E-state index contributed by atoms with van der Waals surface area (Å²) in [4.78, 5) is 7.97. The Morgan fingerprint density at radius 1 is 1.18 bits per heavy atom. The molecule has 0 radical (unpaired) electrons. The lowest BCUT2D eigenvalue weighted by molar-refractivity contribution is 0.415. The molecule has 1 aromatic heterocycles. The lowest BCUT2D eigenvalue weighted by Crippen LogP contribution is -2.02. The number of benzene rings is 1. The molecule has 2 rings (SSSR count).